The summed E-state index contributed by atoms with van der Waals surface area (Å²) in [5, 5.41) is 2.93. The molecule has 1 saturated heterocycles. The molecule has 0 unspecified atom stereocenters. The third kappa shape index (κ3) is 5.05. The SMILES string of the molecule is CCC(=O)O[C@@H](C)C(=O)N1CCC[C@H]1C(=O)NCc1ccc(-c2scnc2C)cc1. The van der Waals surface area contributed by atoms with Crippen LogP contribution in [0.4, 0.5) is 0 Å². The fourth-order valence-electron chi connectivity index (χ4n) is 3.53. The van der Waals surface area contributed by atoms with E-state index in [0.29, 0.717) is 19.5 Å². The lowest BCUT2D eigenvalue weighted by Crippen LogP contribution is -2.49. The first-order valence-electron chi connectivity index (χ1n) is 10.2. The van der Waals surface area contributed by atoms with E-state index in [0.717, 1.165) is 28.1 Å². The van der Waals surface area contributed by atoms with E-state index in [2.05, 4.69) is 10.3 Å². The standard InChI is InChI=1S/C22H27N3O4S/c1-4-19(26)29-15(3)22(28)25-11-5-6-18(25)21(27)23-12-16-7-9-17(10-8-16)20-14(2)24-13-30-20/h7-10,13,15,18H,4-6,11-12H2,1-3H3,(H,23,27)/t15-,18-/m0/s1. The molecule has 1 fully saturated rings. The molecule has 2 atom stereocenters. The minimum Gasteiger partial charge on any atom is -0.453 e. The molecule has 7 nitrogen and oxygen atoms in total. The van der Waals surface area contributed by atoms with E-state index in [9.17, 15) is 14.4 Å². The highest BCUT2D eigenvalue weighted by Gasteiger charge is 2.36. The number of aromatic nitrogens is 1. The number of hydrogen-bond acceptors (Lipinski definition) is 6. The third-order valence-corrected chi connectivity index (χ3v) is 6.19. The van der Waals surface area contributed by atoms with Crippen LogP contribution in [0.1, 0.15) is 44.4 Å². The molecule has 2 heterocycles. The van der Waals surface area contributed by atoms with E-state index in [1.807, 2.05) is 36.7 Å². The van der Waals surface area contributed by atoms with Gasteiger partial charge in [0.2, 0.25) is 5.91 Å². The number of benzene rings is 1. The summed E-state index contributed by atoms with van der Waals surface area (Å²) in [6.45, 7) is 6.10. The first kappa shape index (κ1) is 22.0. The van der Waals surface area contributed by atoms with Gasteiger partial charge in [0.05, 0.1) is 16.1 Å². The van der Waals surface area contributed by atoms with Crippen molar-refractivity contribution in [3.8, 4) is 10.4 Å². The van der Waals surface area contributed by atoms with Crippen molar-refractivity contribution < 1.29 is 19.1 Å². The molecule has 0 aliphatic carbocycles. The third-order valence-electron chi connectivity index (χ3n) is 5.21. The molecule has 160 valence electrons. The maximum atomic E-state index is 12.7. The van der Waals surface area contributed by atoms with Crippen molar-refractivity contribution in [2.75, 3.05) is 6.54 Å². The zero-order valence-electron chi connectivity index (χ0n) is 17.5. The molecule has 1 aliphatic heterocycles. The summed E-state index contributed by atoms with van der Waals surface area (Å²) in [6, 6.07) is 7.49. The topological polar surface area (TPSA) is 88.6 Å². The van der Waals surface area contributed by atoms with E-state index < -0.39 is 18.1 Å². The Morgan fingerprint density at radius 3 is 2.67 bits per heavy atom. The van der Waals surface area contributed by atoms with Gasteiger partial charge in [-0.2, -0.15) is 0 Å². The van der Waals surface area contributed by atoms with Crippen LogP contribution in [0.2, 0.25) is 0 Å². The number of rotatable bonds is 7. The van der Waals surface area contributed by atoms with Gasteiger partial charge in [0, 0.05) is 19.5 Å². The molecule has 1 N–H and O–H groups in total. The molecule has 3 rings (SSSR count). The first-order valence-corrected chi connectivity index (χ1v) is 11.1. The van der Waals surface area contributed by atoms with Gasteiger partial charge < -0.3 is 15.0 Å². The second-order valence-electron chi connectivity index (χ2n) is 7.36. The summed E-state index contributed by atoms with van der Waals surface area (Å²) >= 11 is 1.60. The summed E-state index contributed by atoms with van der Waals surface area (Å²) in [7, 11) is 0. The molecule has 1 aliphatic rings. The average Bonchev–Trinajstić information content (AvgIpc) is 3.40. The minimum atomic E-state index is -0.881. The lowest BCUT2D eigenvalue weighted by molar-refractivity contribution is -0.160. The van der Waals surface area contributed by atoms with Crippen molar-refractivity contribution >= 4 is 29.1 Å². The summed E-state index contributed by atoms with van der Waals surface area (Å²) in [5.41, 5.74) is 4.92. The molecular weight excluding hydrogens is 402 g/mol. The average molecular weight is 430 g/mol. The van der Waals surface area contributed by atoms with Crippen molar-refractivity contribution in [3.63, 3.8) is 0 Å². The number of nitrogens with one attached hydrogen (secondary N) is 1. The molecule has 30 heavy (non-hydrogen) atoms. The number of esters is 1. The zero-order valence-corrected chi connectivity index (χ0v) is 18.3. The van der Waals surface area contributed by atoms with Gasteiger partial charge >= 0.3 is 5.97 Å². The van der Waals surface area contributed by atoms with Gasteiger partial charge in [-0.1, -0.05) is 31.2 Å². The number of carbonyl (C=O) groups excluding carboxylic acids is 3. The minimum absolute atomic E-state index is 0.183. The number of aryl methyl sites for hydroxylation is 1. The summed E-state index contributed by atoms with van der Waals surface area (Å²) < 4.78 is 5.12. The van der Waals surface area contributed by atoms with E-state index in [1.165, 1.54) is 4.90 Å². The Morgan fingerprint density at radius 1 is 1.30 bits per heavy atom. The lowest BCUT2D eigenvalue weighted by atomic mass is 10.1. The van der Waals surface area contributed by atoms with Crippen LogP contribution in [-0.2, 0) is 25.7 Å². The molecule has 0 radical (unpaired) electrons. The van der Waals surface area contributed by atoms with Crippen LogP contribution >= 0.6 is 11.3 Å². The summed E-state index contributed by atoms with van der Waals surface area (Å²) in [4.78, 5) is 43.7. The van der Waals surface area contributed by atoms with Gasteiger partial charge in [-0.25, -0.2) is 4.98 Å². The number of likely N-dealkylation sites (tertiary alicyclic amines) is 1. The largest absolute Gasteiger partial charge is 0.453 e. The van der Waals surface area contributed by atoms with Gasteiger partial charge in [-0.3, -0.25) is 14.4 Å². The predicted octanol–water partition coefficient (Wildman–Crippen LogP) is 3.07. The normalized spacial score (nSPS) is 16.9. The fraction of sp³-hybridized carbons (Fsp3) is 0.455. The van der Waals surface area contributed by atoms with E-state index in [1.54, 1.807) is 25.2 Å². The van der Waals surface area contributed by atoms with Crippen LogP contribution in [0.25, 0.3) is 10.4 Å². The van der Waals surface area contributed by atoms with E-state index in [4.69, 9.17) is 4.74 Å². The molecule has 0 saturated carbocycles. The van der Waals surface area contributed by atoms with E-state index >= 15 is 0 Å². The summed E-state index contributed by atoms with van der Waals surface area (Å²) in [5.74, 6) is -0.927. The maximum Gasteiger partial charge on any atom is 0.306 e. The van der Waals surface area contributed by atoms with Crippen LogP contribution in [0.5, 0.6) is 0 Å². The molecule has 0 spiro atoms. The highest BCUT2D eigenvalue weighted by Crippen LogP contribution is 2.27. The molecular formula is C22H27N3O4S. The number of ether oxygens (including phenoxy) is 1. The Morgan fingerprint density at radius 2 is 2.03 bits per heavy atom. The van der Waals surface area contributed by atoms with Gasteiger partial charge in [-0.15, -0.1) is 11.3 Å². The molecule has 1 aromatic carbocycles. The number of nitrogens with zero attached hydrogens (tertiary/aromatic N) is 2. The Hall–Kier alpha value is -2.74. The Balaban J connectivity index is 1.56. The van der Waals surface area contributed by atoms with Crippen LogP contribution < -0.4 is 5.32 Å². The van der Waals surface area contributed by atoms with Crippen LogP contribution in [0.15, 0.2) is 29.8 Å². The Kier molecular flexibility index (Phi) is 7.20. The van der Waals surface area contributed by atoms with Crippen molar-refractivity contribution in [2.24, 2.45) is 0 Å². The van der Waals surface area contributed by atoms with Crippen molar-refractivity contribution in [1.82, 2.24) is 15.2 Å². The monoisotopic (exact) mass is 429 g/mol. The maximum absolute atomic E-state index is 12.7. The molecule has 2 amide bonds. The van der Waals surface area contributed by atoms with Crippen LogP contribution in [0, 0.1) is 6.92 Å². The first-order chi connectivity index (χ1) is 14.4. The number of amides is 2. The van der Waals surface area contributed by atoms with Crippen LogP contribution in [-0.4, -0.2) is 46.4 Å². The molecule has 1 aromatic heterocycles. The Labute approximate surface area is 180 Å². The summed E-state index contributed by atoms with van der Waals surface area (Å²) in [6.07, 6.45) is 0.688. The van der Waals surface area contributed by atoms with Gasteiger partial charge in [0.1, 0.15) is 6.04 Å². The predicted molar refractivity (Wildman–Crippen MR) is 115 cm³/mol. The van der Waals surface area contributed by atoms with E-state index in [-0.39, 0.29) is 18.2 Å². The highest BCUT2D eigenvalue weighted by atomic mass is 32.1. The Bertz CT molecular complexity index is 909. The highest BCUT2D eigenvalue weighted by molar-refractivity contribution is 7.13. The quantitative estimate of drug-likeness (QED) is 0.684. The molecule has 8 heteroatoms. The molecule has 2 aromatic rings. The number of carbonyl (C=O) groups is 3. The smallest absolute Gasteiger partial charge is 0.306 e. The second kappa shape index (κ2) is 9.84. The van der Waals surface area contributed by atoms with Crippen molar-refractivity contribution in [3.05, 3.63) is 41.0 Å². The van der Waals surface area contributed by atoms with Crippen LogP contribution in [0.3, 0.4) is 0 Å². The van der Waals surface area contributed by atoms with Gasteiger partial charge in [0.15, 0.2) is 6.10 Å². The second-order valence-corrected chi connectivity index (χ2v) is 8.21. The van der Waals surface area contributed by atoms with Gasteiger partial charge in [-0.05, 0) is 37.8 Å². The van der Waals surface area contributed by atoms with Crippen molar-refractivity contribution in [1.29, 1.82) is 0 Å². The molecule has 0 bridgehead atoms. The number of thiazole rings is 1. The zero-order chi connectivity index (χ0) is 21.7. The van der Waals surface area contributed by atoms with Crippen molar-refractivity contribution in [2.45, 2.75) is 58.7 Å². The fourth-order valence-corrected chi connectivity index (χ4v) is 4.34. The number of hydrogen-bond donors (Lipinski definition) is 1. The van der Waals surface area contributed by atoms with Gasteiger partial charge in [0.25, 0.3) is 5.91 Å². The lowest BCUT2D eigenvalue weighted by Gasteiger charge is -2.26.